The first-order chi connectivity index (χ1) is 8.42. The lowest BCUT2D eigenvalue weighted by Gasteiger charge is -2.51. The van der Waals surface area contributed by atoms with E-state index < -0.39 is 0 Å². The Labute approximate surface area is 108 Å². The summed E-state index contributed by atoms with van der Waals surface area (Å²) in [7, 11) is 0. The van der Waals surface area contributed by atoms with E-state index in [2.05, 4.69) is 0 Å². The Bertz CT molecular complexity index is 224. The van der Waals surface area contributed by atoms with Crippen molar-refractivity contribution in [3.8, 4) is 0 Å². The maximum absolute atomic E-state index is 1.60. The number of rotatable bonds is 2. The van der Waals surface area contributed by atoms with E-state index in [1.807, 2.05) is 0 Å². The lowest BCUT2D eigenvalue weighted by molar-refractivity contribution is -0.00531. The van der Waals surface area contributed by atoms with Crippen molar-refractivity contribution in [3.63, 3.8) is 0 Å². The van der Waals surface area contributed by atoms with Gasteiger partial charge in [-0.05, 0) is 55.8 Å². The Morgan fingerprint density at radius 3 is 1.41 bits per heavy atom. The number of hydrogen-bond acceptors (Lipinski definition) is 0. The fourth-order valence-electron chi connectivity index (χ4n) is 5.20. The summed E-state index contributed by atoms with van der Waals surface area (Å²) in [6, 6.07) is 0. The number of hydrogen-bond donors (Lipinski definition) is 0. The van der Waals surface area contributed by atoms with Gasteiger partial charge in [0.15, 0.2) is 0 Å². The quantitative estimate of drug-likeness (QED) is 0.574. The van der Waals surface area contributed by atoms with Gasteiger partial charge in [-0.25, -0.2) is 0 Å². The van der Waals surface area contributed by atoms with E-state index in [-0.39, 0.29) is 0 Å². The molecular weight excluding hydrogens is 204 g/mol. The van der Waals surface area contributed by atoms with E-state index in [1.54, 1.807) is 70.6 Å². The smallest absolute Gasteiger partial charge is 0.0241 e. The molecular formula is C17H30. The second-order valence-corrected chi connectivity index (χ2v) is 7.11. The highest BCUT2D eigenvalue weighted by atomic mass is 14.5. The molecule has 3 aliphatic carbocycles. The minimum absolute atomic E-state index is 0.829. The molecule has 98 valence electrons. The Kier molecular flexibility index (Phi) is 3.78. The summed E-state index contributed by atoms with van der Waals surface area (Å²) in [5.41, 5.74) is 0.829. The van der Waals surface area contributed by atoms with Crippen LogP contribution in [0, 0.1) is 17.3 Å². The van der Waals surface area contributed by atoms with Crippen LogP contribution in [-0.4, -0.2) is 0 Å². The predicted octanol–water partition coefficient (Wildman–Crippen LogP) is 5.71. The molecule has 0 aromatic rings. The molecule has 0 heterocycles. The van der Waals surface area contributed by atoms with Crippen molar-refractivity contribution in [3.05, 3.63) is 0 Å². The summed E-state index contributed by atoms with van der Waals surface area (Å²) in [5, 5.41) is 0. The van der Waals surface area contributed by atoms with Crippen LogP contribution in [0.4, 0.5) is 0 Å². The van der Waals surface area contributed by atoms with Gasteiger partial charge in [0.25, 0.3) is 0 Å². The zero-order chi connectivity index (χ0) is 11.6. The molecule has 0 amide bonds. The van der Waals surface area contributed by atoms with Gasteiger partial charge in [-0.15, -0.1) is 0 Å². The average Bonchev–Trinajstić information content (AvgIpc) is 2.72. The molecule has 3 aliphatic rings. The van der Waals surface area contributed by atoms with Gasteiger partial charge in [0.05, 0.1) is 0 Å². The van der Waals surface area contributed by atoms with Gasteiger partial charge in [-0.2, -0.15) is 0 Å². The summed E-state index contributed by atoms with van der Waals surface area (Å²) >= 11 is 0. The molecule has 0 aromatic carbocycles. The minimum atomic E-state index is 0.829. The maximum Gasteiger partial charge on any atom is -0.0241 e. The molecule has 3 fully saturated rings. The van der Waals surface area contributed by atoms with Crippen molar-refractivity contribution < 1.29 is 0 Å². The van der Waals surface area contributed by atoms with Crippen LogP contribution < -0.4 is 0 Å². The Morgan fingerprint density at radius 2 is 0.941 bits per heavy atom. The fraction of sp³-hybridized carbons (Fsp3) is 1.00. The van der Waals surface area contributed by atoms with Crippen LogP contribution in [0.3, 0.4) is 0 Å². The molecule has 0 bridgehead atoms. The molecule has 3 rings (SSSR count). The van der Waals surface area contributed by atoms with Gasteiger partial charge in [0.1, 0.15) is 0 Å². The molecule has 0 atom stereocenters. The van der Waals surface area contributed by atoms with E-state index in [4.69, 9.17) is 0 Å². The summed E-state index contributed by atoms with van der Waals surface area (Å²) in [6.07, 6.45) is 21.8. The molecule has 0 aromatic heterocycles. The van der Waals surface area contributed by atoms with Crippen LogP contribution in [0.25, 0.3) is 0 Å². The molecule has 0 aliphatic heterocycles. The molecule has 0 saturated heterocycles. The molecule has 0 radical (unpaired) electrons. The topological polar surface area (TPSA) is 0 Å². The van der Waals surface area contributed by atoms with E-state index in [0.717, 1.165) is 17.3 Å². The Morgan fingerprint density at radius 1 is 0.471 bits per heavy atom. The Balaban J connectivity index is 1.76. The second-order valence-electron chi connectivity index (χ2n) is 7.11. The van der Waals surface area contributed by atoms with E-state index in [0.29, 0.717) is 0 Å². The van der Waals surface area contributed by atoms with E-state index >= 15 is 0 Å². The third kappa shape index (κ3) is 2.29. The van der Waals surface area contributed by atoms with Gasteiger partial charge >= 0.3 is 0 Å². The van der Waals surface area contributed by atoms with Crippen molar-refractivity contribution in [1.82, 2.24) is 0 Å². The van der Waals surface area contributed by atoms with Crippen LogP contribution in [0.1, 0.15) is 89.9 Å². The first-order valence-electron chi connectivity index (χ1n) is 8.42. The van der Waals surface area contributed by atoms with Crippen LogP contribution in [0.5, 0.6) is 0 Å². The largest absolute Gasteiger partial charge is 0.0533 e. The van der Waals surface area contributed by atoms with Gasteiger partial charge in [-0.1, -0.05) is 51.4 Å². The van der Waals surface area contributed by atoms with Gasteiger partial charge in [-0.3, -0.25) is 0 Å². The van der Waals surface area contributed by atoms with Crippen LogP contribution in [0.2, 0.25) is 0 Å². The van der Waals surface area contributed by atoms with Crippen molar-refractivity contribution in [1.29, 1.82) is 0 Å². The van der Waals surface area contributed by atoms with Gasteiger partial charge in [0.2, 0.25) is 0 Å². The molecule has 3 saturated carbocycles. The van der Waals surface area contributed by atoms with Crippen molar-refractivity contribution >= 4 is 0 Å². The average molecular weight is 234 g/mol. The first kappa shape index (κ1) is 12.1. The van der Waals surface area contributed by atoms with E-state index in [9.17, 15) is 0 Å². The van der Waals surface area contributed by atoms with Crippen LogP contribution in [0.15, 0.2) is 0 Å². The molecule has 0 N–H and O–H groups in total. The molecule has 17 heavy (non-hydrogen) atoms. The fourth-order valence-corrected chi connectivity index (χ4v) is 5.20. The van der Waals surface area contributed by atoms with Crippen molar-refractivity contribution in [2.45, 2.75) is 89.9 Å². The zero-order valence-electron chi connectivity index (χ0n) is 11.6. The maximum atomic E-state index is 1.60. The standard InChI is InChI=1S/C17H30/c1-2-6-13-17(14-7-3-1,16-11-8-12-16)15-9-4-5-10-15/h15-16H,1-14H2. The highest BCUT2D eigenvalue weighted by Gasteiger charge is 2.46. The summed E-state index contributed by atoms with van der Waals surface area (Å²) in [5.74, 6) is 2.27. The summed E-state index contributed by atoms with van der Waals surface area (Å²) < 4.78 is 0. The third-order valence-electron chi connectivity index (χ3n) is 6.37. The highest BCUT2D eigenvalue weighted by molar-refractivity contribution is 4.97. The van der Waals surface area contributed by atoms with Crippen LogP contribution in [-0.2, 0) is 0 Å². The van der Waals surface area contributed by atoms with Gasteiger partial charge in [0, 0.05) is 0 Å². The van der Waals surface area contributed by atoms with E-state index in [1.165, 1.54) is 19.3 Å². The lowest BCUT2D eigenvalue weighted by atomic mass is 9.54. The van der Waals surface area contributed by atoms with Gasteiger partial charge < -0.3 is 0 Å². The second kappa shape index (κ2) is 5.33. The predicted molar refractivity (Wildman–Crippen MR) is 74.1 cm³/mol. The molecule has 0 heteroatoms. The lowest BCUT2D eigenvalue weighted by Crippen LogP contribution is -2.41. The van der Waals surface area contributed by atoms with Crippen molar-refractivity contribution in [2.75, 3.05) is 0 Å². The minimum Gasteiger partial charge on any atom is -0.0533 e. The Hall–Kier alpha value is 0. The normalized spacial score (nSPS) is 31.8. The molecule has 0 unspecified atom stereocenters. The monoisotopic (exact) mass is 234 g/mol. The molecule has 0 spiro atoms. The summed E-state index contributed by atoms with van der Waals surface area (Å²) in [4.78, 5) is 0. The third-order valence-corrected chi connectivity index (χ3v) is 6.37. The first-order valence-corrected chi connectivity index (χ1v) is 8.42. The molecule has 0 nitrogen and oxygen atoms in total. The van der Waals surface area contributed by atoms with Crippen LogP contribution >= 0.6 is 0 Å². The highest BCUT2D eigenvalue weighted by Crippen LogP contribution is 2.57. The summed E-state index contributed by atoms with van der Waals surface area (Å²) in [6.45, 7) is 0. The SMILES string of the molecule is C1CCCC(C2CCCC2)(C2CCC2)CCC1. The van der Waals surface area contributed by atoms with Crippen molar-refractivity contribution in [2.24, 2.45) is 17.3 Å². The zero-order valence-corrected chi connectivity index (χ0v) is 11.6.